The van der Waals surface area contributed by atoms with E-state index in [1.165, 1.54) is 0 Å². The predicted molar refractivity (Wildman–Crippen MR) is 66.9 cm³/mol. The second-order valence-corrected chi connectivity index (χ2v) is 7.05. The molecule has 1 aromatic rings. The van der Waals surface area contributed by atoms with Gasteiger partial charge in [-0.25, -0.2) is 8.42 Å². The standard InChI is InChI=1S/C12H10ClNO3S/c1-18(16,17)11-10(12(11,6-14)7-15)8-2-4-9(13)5-3-8/h2-5,7,10-11H,1H3/t10-,11+,12+/m0/s1. The van der Waals surface area contributed by atoms with Gasteiger partial charge in [-0.3, -0.25) is 0 Å². The third-order valence-electron chi connectivity index (χ3n) is 3.26. The van der Waals surface area contributed by atoms with E-state index in [9.17, 15) is 13.2 Å². The van der Waals surface area contributed by atoms with Crippen molar-refractivity contribution in [3.8, 4) is 6.07 Å². The highest BCUT2D eigenvalue weighted by Crippen LogP contribution is 2.61. The normalized spacial score (nSPS) is 30.5. The Morgan fingerprint density at radius 1 is 1.39 bits per heavy atom. The van der Waals surface area contributed by atoms with E-state index in [0.717, 1.165) is 6.26 Å². The summed E-state index contributed by atoms with van der Waals surface area (Å²) in [6.45, 7) is 0. The quantitative estimate of drug-likeness (QED) is 0.789. The van der Waals surface area contributed by atoms with Crippen molar-refractivity contribution in [1.29, 1.82) is 5.26 Å². The van der Waals surface area contributed by atoms with Gasteiger partial charge in [-0.2, -0.15) is 5.26 Å². The summed E-state index contributed by atoms with van der Waals surface area (Å²) in [6.07, 6.45) is 1.49. The Balaban J connectivity index is 2.49. The van der Waals surface area contributed by atoms with Crippen molar-refractivity contribution in [2.75, 3.05) is 6.26 Å². The molecule has 0 saturated heterocycles. The van der Waals surface area contributed by atoms with Gasteiger partial charge in [0.15, 0.2) is 9.84 Å². The van der Waals surface area contributed by atoms with E-state index in [1.807, 2.05) is 6.07 Å². The van der Waals surface area contributed by atoms with E-state index >= 15 is 0 Å². The van der Waals surface area contributed by atoms with Crippen LogP contribution in [0.3, 0.4) is 0 Å². The van der Waals surface area contributed by atoms with E-state index in [0.29, 0.717) is 16.9 Å². The van der Waals surface area contributed by atoms with Gasteiger partial charge in [-0.05, 0) is 17.7 Å². The Bertz CT molecular complexity index is 632. The van der Waals surface area contributed by atoms with E-state index < -0.39 is 26.4 Å². The number of hydrogen-bond acceptors (Lipinski definition) is 4. The number of hydrogen-bond donors (Lipinski definition) is 0. The minimum atomic E-state index is -3.46. The van der Waals surface area contributed by atoms with Crippen LogP contribution in [0.5, 0.6) is 0 Å². The maximum absolute atomic E-state index is 11.6. The van der Waals surface area contributed by atoms with Crippen molar-refractivity contribution in [2.45, 2.75) is 11.2 Å². The van der Waals surface area contributed by atoms with Crippen molar-refractivity contribution in [3.63, 3.8) is 0 Å². The molecule has 0 radical (unpaired) electrons. The lowest BCUT2D eigenvalue weighted by Gasteiger charge is -1.99. The molecule has 4 nitrogen and oxygen atoms in total. The van der Waals surface area contributed by atoms with Gasteiger partial charge in [0.05, 0.1) is 11.3 Å². The zero-order chi connectivity index (χ0) is 13.6. The lowest BCUT2D eigenvalue weighted by Crippen LogP contribution is -2.14. The monoisotopic (exact) mass is 283 g/mol. The number of carbonyl (C=O) groups is 1. The van der Waals surface area contributed by atoms with Gasteiger partial charge in [0.2, 0.25) is 0 Å². The van der Waals surface area contributed by atoms with Crippen LogP contribution in [0.15, 0.2) is 24.3 Å². The number of aldehydes is 1. The second-order valence-electron chi connectivity index (χ2n) is 4.44. The molecule has 0 amide bonds. The number of halogens is 1. The highest BCUT2D eigenvalue weighted by Gasteiger charge is 2.71. The lowest BCUT2D eigenvalue weighted by molar-refractivity contribution is -0.110. The maximum atomic E-state index is 11.6. The third kappa shape index (κ3) is 1.82. The van der Waals surface area contributed by atoms with Crippen LogP contribution in [0.4, 0.5) is 0 Å². The number of carbonyl (C=O) groups excluding carboxylic acids is 1. The fraction of sp³-hybridized carbons (Fsp3) is 0.333. The molecule has 6 heteroatoms. The Labute approximate surface area is 110 Å². The molecule has 0 bridgehead atoms. The summed E-state index contributed by atoms with van der Waals surface area (Å²) in [5.74, 6) is -0.604. The smallest absolute Gasteiger partial charge is 0.153 e. The minimum absolute atomic E-state index is 0.442. The van der Waals surface area contributed by atoms with E-state index in [-0.39, 0.29) is 0 Å². The van der Waals surface area contributed by atoms with Gasteiger partial charge >= 0.3 is 0 Å². The summed E-state index contributed by atoms with van der Waals surface area (Å²) >= 11 is 5.75. The Morgan fingerprint density at radius 2 is 1.94 bits per heavy atom. The average molecular weight is 284 g/mol. The molecule has 1 aliphatic rings. The largest absolute Gasteiger partial charge is 0.302 e. The molecular formula is C12H10ClNO3S. The molecule has 0 heterocycles. The van der Waals surface area contributed by atoms with E-state index in [1.54, 1.807) is 24.3 Å². The molecule has 0 N–H and O–H groups in total. The molecular weight excluding hydrogens is 274 g/mol. The number of nitriles is 1. The predicted octanol–water partition coefficient (Wildman–Crippen LogP) is 1.56. The van der Waals surface area contributed by atoms with Crippen LogP contribution in [-0.4, -0.2) is 26.2 Å². The zero-order valence-corrected chi connectivity index (χ0v) is 11.1. The molecule has 1 aromatic carbocycles. The van der Waals surface area contributed by atoms with Crippen molar-refractivity contribution >= 4 is 27.7 Å². The third-order valence-corrected chi connectivity index (χ3v) is 5.09. The van der Waals surface area contributed by atoms with Crippen LogP contribution in [0, 0.1) is 16.7 Å². The summed E-state index contributed by atoms with van der Waals surface area (Å²) < 4.78 is 23.3. The molecule has 94 valence electrons. The molecule has 0 aromatic heterocycles. The lowest BCUT2D eigenvalue weighted by atomic mass is 10.0. The maximum Gasteiger partial charge on any atom is 0.153 e. The van der Waals surface area contributed by atoms with Crippen molar-refractivity contribution in [2.24, 2.45) is 5.41 Å². The first kappa shape index (κ1) is 13.1. The molecule has 2 rings (SSSR count). The van der Waals surface area contributed by atoms with Gasteiger partial charge in [0.1, 0.15) is 11.7 Å². The Kier molecular flexibility index (Phi) is 2.96. The fourth-order valence-electron chi connectivity index (χ4n) is 2.40. The average Bonchev–Trinajstić information content (AvgIpc) is 3.00. The summed E-state index contributed by atoms with van der Waals surface area (Å²) in [4.78, 5) is 11.1. The Morgan fingerprint density at radius 3 is 2.28 bits per heavy atom. The van der Waals surface area contributed by atoms with Gasteiger partial charge in [0, 0.05) is 17.2 Å². The second kappa shape index (κ2) is 4.08. The van der Waals surface area contributed by atoms with E-state index in [4.69, 9.17) is 16.9 Å². The van der Waals surface area contributed by atoms with Crippen LogP contribution < -0.4 is 0 Å². The summed E-state index contributed by atoms with van der Waals surface area (Å²) in [5.41, 5.74) is -0.815. The van der Waals surface area contributed by atoms with Crippen molar-refractivity contribution in [1.82, 2.24) is 0 Å². The SMILES string of the molecule is CS(=O)(=O)[C@@H]1[C@H](c2ccc(Cl)cc2)[C@@]1(C#N)C=O. The van der Waals surface area contributed by atoms with Crippen LogP contribution in [-0.2, 0) is 14.6 Å². The highest BCUT2D eigenvalue weighted by molar-refractivity contribution is 7.91. The molecule has 0 aliphatic heterocycles. The van der Waals surface area contributed by atoms with Gasteiger partial charge in [0.25, 0.3) is 0 Å². The highest BCUT2D eigenvalue weighted by atomic mass is 35.5. The van der Waals surface area contributed by atoms with E-state index in [2.05, 4.69) is 0 Å². The van der Waals surface area contributed by atoms with Gasteiger partial charge < -0.3 is 4.79 Å². The molecule has 1 saturated carbocycles. The number of nitrogens with zero attached hydrogens (tertiary/aromatic N) is 1. The van der Waals surface area contributed by atoms with Crippen LogP contribution in [0.1, 0.15) is 11.5 Å². The Hall–Kier alpha value is -1.38. The molecule has 18 heavy (non-hydrogen) atoms. The first-order valence-electron chi connectivity index (χ1n) is 5.18. The molecule has 3 atom stereocenters. The van der Waals surface area contributed by atoms with Crippen LogP contribution in [0.25, 0.3) is 0 Å². The molecule has 1 aliphatic carbocycles. The zero-order valence-electron chi connectivity index (χ0n) is 9.50. The summed E-state index contributed by atoms with van der Waals surface area (Å²) in [7, 11) is -3.46. The topological polar surface area (TPSA) is 75.0 Å². The van der Waals surface area contributed by atoms with Crippen LogP contribution >= 0.6 is 11.6 Å². The number of rotatable bonds is 3. The molecule has 1 fully saturated rings. The fourth-order valence-corrected chi connectivity index (χ4v) is 4.28. The van der Waals surface area contributed by atoms with Crippen molar-refractivity contribution in [3.05, 3.63) is 34.9 Å². The van der Waals surface area contributed by atoms with Gasteiger partial charge in [-0.15, -0.1) is 0 Å². The first-order valence-corrected chi connectivity index (χ1v) is 7.52. The first-order chi connectivity index (χ1) is 8.36. The van der Waals surface area contributed by atoms with Gasteiger partial charge in [-0.1, -0.05) is 23.7 Å². The number of benzene rings is 1. The summed E-state index contributed by atoms with van der Waals surface area (Å²) in [6, 6.07) is 8.36. The molecule has 0 unspecified atom stereocenters. The number of sulfone groups is 1. The van der Waals surface area contributed by atoms with Crippen LogP contribution in [0.2, 0.25) is 5.02 Å². The summed E-state index contributed by atoms with van der Waals surface area (Å²) in [5, 5.41) is 8.66. The van der Waals surface area contributed by atoms with Crippen molar-refractivity contribution < 1.29 is 13.2 Å². The minimum Gasteiger partial charge on any atom is -0.302 e. The molecule has 0 spiro atoms.